The van der Waals surface area contributed by atoms with Crippen molar-refractivity contribution in [2.24, 2.45) is 0 Å². The van der Waals surface area contributed by atoms with Crippen LogP contribution in [0, 0.1) is 0 Å². The molecule has 15 heavy (non-hydrogen) atoms. The summed E-state index contributed by atoms with van der Waals surface area (Å²) >= 11 is 0. The zero-order chi connectivity index (χ0) is 11.4. The quantitative estimate of drug-likeness (QED) is 0.535. The Bertz CT molecular complexity index is 115. The molecule has 0 aromatic heterocycles. The van der Waals surface area contributed by atoms with E-state index in [1.54, 1.807) is 0 Å². The second kappa shape index (κ2) is 12.0. The van der Waals surface area contributed by atoms with E-state index in [-0.39, 0.29) is 6.10 Å². The normalized spacial score (nSPS) is 13.0. The molecule has 0 aliphatic heterocycles. The number of unbranched alkanes of at least 4 members (excludes halogenated alkanes) is 6. The Balaban J connectivity index is 2.92. The lowest BCUT2D eigenvalue weighted by molar-refractivity contribution is 0.0335. The van der Waals surface area contributed by atoms with Crippen LogP contribution >= 0.6 is 0 Å². The van der Waals surface area contributed by atoms with Gasteiger partial charge in [-0.1, -0.05) is 52.4 Å². The van der Waals surface area contributed by atoms with Crippen LogP contribution in [0.5, 0.6) is 0 Å². The Labute approximate surface area is 95.0 Å². The van der Waals surface area contributed by atoms with Gasteiger partial charge in [-0.05, 0) is 12.8 Å². The molecule has 1 atom stereocenters. The summed E-state index contributed by atoms with van der Waals surface area (Å²) in [6.45, 7) is 5.53. The topological polar surface area (TPSA) is 29.5 Å². The van der Waals surface area contributed by atoms with Crippen LogP contribution in [0.3, 0.4) is 0 Å². The van der Waals surface area contributed by atoms with Gasteiger partial charge >= 0.3 is 0 Å². The average molecular weight is 216 g/mol. The van der Waals surface area contributed by atoms with Crippen molar-refractivity contribution in [2.75, 3.05) is 13.2 Å². The summed E-state index contributed by atoms with van der Waals surface area (Å²) in [4.78, 5) is 0. The Hall–Kier alpha value is -0.0800. The van der Waals surface area contributed by atoms with Gasteiger partial charge < -0.3 is 9.84 Å². The van der Waals surface area contributed by atoms with Crippen LogP contribution in [0.25, 0.3) is 0 Å². The van der Waals surface area contributed by atoms with Gasteiger partial charge in [0.05, 0.1) is 12.7 Å². The van der Waals surface area contributed by atoms with Crippen molar-refractivity contribution in [3.8, 4) is 0 Å². The minimum absolute atomic E-state index is 0.269. The first kappa shape index (κ1) is 14.9. The lowest BCUT2D eigenvalue weighted by Crippen LogP contribution is -2.14. The van der Waals surface area contributed by atoms with Crippen molar-refractivity contribution in [3.63, 3.8) is 0 Å². The molecule has 0 aliphatic rings. The molecule has 0 amide bonds. The number of aliphatic hydroxyl groups excluding tert-OH is 1. The zero-order valence-electron chi connectivity index (χ0n) is 10.5. The highest BCUT2D eigenvalue weighted by molar-refractivity contribution is 4.49. The Kier molecular flexibility index (Phi) is 11.9. The van der Waals surface area contributed by atoms with E-state index in [0.717, 1.165) is 19.4 Å². The maximum Gasteiger partial charge on any atom is 0.0771 e. The SMILES string of the molecule is CCCCCCCCCOCC(O)CC. The van der Waals surface area contributed by atoms with Crippen LogP contribution in [-0.4, -0.2) is 24.4 Å². The fourth-order valence-electron chi connectivity index (χ4n) is 1.50. The minimum Gasteiger partial charge on any atom is -0.391 e. The van der Waals surface area contributed by atoms with Crippen LogP contribution in [0.2, 0.25) is 0 Å². The molecule has 1 unspecified atom stereocenters. The molecular weight excluding hydrogens is 188 g/mol. The first-order valence-electron chi connectivity index (χ1n) is 6.57. The molecule has 2 nitrogen and oxygen atoms in total. The van der Waals surface area contributed by atoms with Crippen LogP contribution in [-0.2, 0) is 4.74 Å². The maximum absolute atomic E-state index is 9.23. The van der Waals surface area contributed by atoms with Crippen LogP contribution in [0.4, 0.5) is 0 Å². The third-order valence-electron chi connectivity index (χ3n) is 2.67. The van der Waals surface area contributed by atoms with Gasteiger partial charge in [0.1, 0.15) is 0 Å². The molecule has 0 saturated heterocycles. The second-order valence-corrected chi connectivity index (χ2v) is 4.26. The highest BCUT2D eigenvalue weighted by Gasteiger charge is 1.99. The third kappa shape index (κ3) is 11.8. The standard InChI is InChI=1S/C13H28O2/c1-3-5-6-7-8-9-10-11-15-12-13(14)4-2/h13-14H,3-12H2,1-2H3. The summed E-state index contributed by atoms with van der Waals surface area (Å²) in [7, 11) is 0. The van der Waals surface area contributed by atoms with Crippen LogP contribution < -0.4 is 0 Å². The summed E-state index contributed by atoms with van der Waals surface area (Å²) in [5.74, 6) is 0. The second-order valence-electron chi connectivity index (χ2n) is 4.26. The van der Waals surface area contributed by atoms with E-state index >= 15 is 0 Å². The Morgan fingerprint density at radius 2 is 1.53 bits per heavy atom. The van der Waals surface area contributed by atoms with E-state index in [1.165, 1.54) is 38.5 Å². The van der Waals surface area contributed by atoms with Gasteiger partial charge in [-0.2, -0.15) is 0 Å². The molecule has 0 aromatic carbocycles. The van der Waals surface area contributed by atoms with Crippen molar-refractivity contribution in [1.29, 1.82) is 0 Å². The summed E-state index contributed by atoms with van der Waals surface area (Å²) in [5, 5.41) is 9.23. The van der Waals surface area contributed by atoms with Crippen LogP contribution in [0.15, 0.2) is 0 Å². The number of hydrogen-bond acceptors (Lipinski definition) is 2. The monoisotopic (exact) mass is 216 g/mol. The first-order valence-corrected chi connectivity index (χ1v) is 6.57. The molecule has 0 aliphatic carbocycles. The third-order valence-corrected chi connectivity index (χ3v) is 2.67. The molecule has 2 heteroatoms. The minimum atomic E-state index is -0.269. The zero-order valence-corrected chi connectivity index (χ0v) is 10.5. The Morgan fingerprint density at radius 1 is 0.933 bits per heavy atom. The van der Waals surface area contributed by atoms with Crippen molar-refractivity contribution in [3.05, 3.63) is 0 Å². The van der Waals surface area contributed by atoms with Gasteiger partial charge in [-0.15, -0.1) is 0 Å². The van der Waals surface area contributed by atoms with E-state index in [4.69, 9.17) is 4.74 Å². The number of aliphatic hydroxyl groups is 1. The molecule has 0 radical (unpaired) electrons. The van der Waals surface area contributed by atoms with Gasteiger partial charge in [0, 0.05) is 6.61 Å². The summed E-state index contributed by atoms with van der Waals surface area (Å²) < 4.78 is 5.36. The van der Waals surface area contributed by atoms with Gasteiger partial charge in [0.15, 0.2) is 0 Å². The predicted octanol–water partition coefficient (Wildman–Crippen LogP) is 3.52. The van der Waals surface area contributed by atoms with Crippen molar-refractivity contribution < 1.29 is 9.84 Å². The van der Waals surface area contributed by atoms with E-state index < -0.39 is 0 Å². The van der Waals surface area contributed by atoms with Gasteiger partial charge in [0.2, 0.25) is 0 Å². The molecule has 0 fully saturated rings. The van der Waals surface area contributed by atoms with Crippen molar-refractivity contribution in [2.45, 2.75) is 71.3 Å². The van der Waals surface area contributed by atoms with E-state index in [2.05, 4.69) is 6.92 Å². The average Bonchev–Trinajstić information content (AvgIpc) is 2.26. The molecule has 0 spiro atoms. The van der Waals surface area contributed by atoms with E-state index in [9.17, 15) is 5.11 Å². The largest absolute Gasteiger partial charge is 0.391 e. The molecular formula is C13H28O2. The molecule has 0 aromatic rings. The molecule has 0 saturated carbocycles. The van der Waals surface area contributed by atoms with Crippen LogP contribution in [0.1, 0.15) is 65.2 Å². The highest BCUT2D eigenvalue weighted by Crippen LogP contribution is 2.06. The van der Waals surface area contributed by atoms with Gasteiger partial charge in [-0.3, -0.25) is 0 Å². The Morgan fingerprint density at radius 3 is 2.13 bits per heavy atom. The van der Waals surface area contributed by atoms with Crippen molar-refractivity contribution in [1.82, 2.24) is 0 Å². The number of rotatable bonds is 11. The fraction of sp³-hybridized carbons (Fsp3) is 1.00. The smallest absolute Gasteiger partial charge is 0.0771 e. The molecule has 0 heterocycles. The predicted molar refractivity (Wildman–Crippen MR) is 65.1 cm³/mol. The molecule has 1 N–H and O–H groups in total. The van der Waals surface area contributed by atoms with E-state index in [1.807, 2.05) is 6.92 Å². The van der Waals surface area contributed by atoms with Gasteiger partial charge in [0.25, 0.3) is 0 Å². The summed E-state index contributed by atoms with van der Waals surface area (Å²) in [6, 6.07) is 0. The summed E-state index contributed by atoms with van der Waals surface area (Å²) in [6.07, 6.45) is 9.70. The molecule has 92 valence electrons. The summed E-state index contributed by atoms with van der Waals surface area (Å²) in [5.41, 5.74) is 0. The lowest BCUT2D eigenvalue weighted by atomic mass is 10.1. The maximum atomic E-state index is 9.23. The number of ether oxygens (including phenoxy) is 1. The molecule has 0 rings (SSSR count). The van der Waals surface area contributed by atoms with Gasteiger partial charge in [-0.25, -0.2) is 0 Å². The highest BCUT2D eigenvalue weighted by atomic mass is 16.5. The first-order chi connectivity index (χ1) is 7.31. The van der Waals surface area contributed by atoms with Crippen molar-refractivity contribution >= 4 is 0 Å². The fourth-order valence-corrected chi connectivity index (χ4v) is 1.50. The lowest BCUT2D eigenvalue weighted by Gasteiger charge is -2.08. The number of hydrogen-bond donors (Lipinski definition) is 1. The van der Waals surface area contributed by atoms with E-state index in [0.29, 0.717) is 6.61 Å². The molecule has 0 bridgehead atoms.